The number of unbranched alkanes of at least 4 members (excludes halogenated alkanes) is 7. The fourth-order valence-electron chi connectivity index (χ4n) is 2.17. The number of aryl methyl sites for hydroxylation is 1. The zero-order valence-corrected chi connectivity index (χ0v) is 12.8. The maximum atomic E-state index is 11.1. The van der Waals surface area contributed by atoms with Crippen LogP contribution in [0.5, 0.6) is 0 Å². The van der Waals surface area contributed by atoms with E-state index in [1.807, 2.05) is 6.20 Å². The highest BCUT2D eigenvalue weighted by molar-refractivity contribution is 5.68. The Morgan fingerprint density at radius 3 is 2.45 bits per heavy atom. The van der Waals surface area contributed by atoms with Crippen molar-refractivity contribution < 1.29 is 9.53 Å². The van der Waals surface area contributed by atoms with Crippen LogP contribution in [0, 0.1) is 0 Å². The summed E-state index contributed by atoms with van der Waals surface area (Å²) in [5.41, 5.74) is 0.958. The van der Waals surface area contributed by atoms with Gasteiger partial charge in [-0.3, -0.25) is 4.79 Å². The first-order valence-corrected chi connectivity index (χ1v) is 7.72. The lowest BCUT2D eigenvalue weighted by atomic mass is 10.1. The summed E-state index contributed by atoms with van der Waals surface area (Å²) in [7, 11) is 1.38. The Morgan fingerprint density at radius 1 is 1.15 bits per heavy atom. The van der Waals surface area contributed by atoms with Crippen molar-refractivity contribution >= 4 is 5.97 Å². The molecular weight excluding hydrogens is 254 g/mol. The molecule has 1 rings (SSSR count). The van der Waals surface area contributed by atoms with Crippen LogP contribution in [0.4, 0.5) is 0 Å². The number of hydrogen-bond donors (Lipinski definition) is 0. The Bertz CT molecular complexity index is 377. The molecule has 0 radical (unpaired) electrons. The van der Waals surface area contributed by atoms with E-state index in [9.17, 15) is 4.79 Å². The number of methoxy groups -OCH3 is 1. The summed E-state index contributed by atoms with van der Waals surface area (Å²) in [4.78, 5) is 11.1. The van der Waals surface area contributed by atoms with E-state index in [2.05, 4.69) is 22.0 Å². The minimum atomic E-state index is -0.298. The first-order chi connectivity index (χ1) is 9.76. The summed E-state index contributed by atoms with van der Waals surface area (Å²) < 4.78 is 6.12. The Kier molecular flexibility index (Phi) is 8.67. The van der Waals surface area contributed by atoms with Crippen molar-refractivity contribution in [1.82, 2.24) is 15.0 Å². The van der Waals surface area contributed by atoms with Gasteiger partial charge in [-0.25, -0.2) is 4.68 Å². The molecule has 0 N–H and O–H groups in total. The van der Waals surface area contributed by atoms with Crippen LogP contribution >= 0.6 is 0 Å². The number of nitrogens with zero attached hydrogens (tertiary/aromatic N) is 3. The molecule has 5 heteroatoms. The van der Waals surface area contributed by atoms with Gasteiger partial charge in [0.15, 0.2) is 0 Å². The van der Waals surface area contributed by atoms with Gasteiger partial charge in [-0.1, -0.05) is 57.1 Å². The molecular formula is C15H27N3O2. The van der Waals surface area contributed by atoms with Crippen LogP contribution in [0.1, 0.15) is 64.0 Å². The zero-order valence-electron chi connectivity index (χ0n) is 12.8. The summed E-state index contributed by atoms with van der Waals surface area (Å²) in [5, 5.41) is 7.99. The number of ether oxygens (including phenoxy) is 1. The fraction of sp³-hybridized carbons (Fsp3) is 0.800. The monoisotopic (exact) mass is 281 g/mol. The molecule has 0 saturated heterocycles. The summed E-state index contributed by atoms with van der Waals surface area (Å²) in [6, 6.07) is 0. The number of esters is 1. The second-order valence-corrected chi connectivity index (χ2v) is 5.21. The van der Waals surface area contributed by atoms with Crippen molar-refractivity contribution in [2.75, 3.05) is 7.11 Å². The third-order valence-corrected chi connectivity index (χ3v) is 3.39. The second kappa shape index (κ2) is 10.4. The highest BCUT2D eigenvalue weighted by Crippen LogP contribution is 2.10. The van der Waals surface area contributed by atoms with Crippen LogP contribution in [0.25, 0.3) is 0 Å². The van der Waals surface area contributed by atoms with Gasteiger partial charge in [0, 0.05) is 6.20 Å². The fourth-order valence-corrected chi connectivity index (χ4v) is 2.17. The Hall–Kier alpha value is -1.39. The largest absolute Gasteiger partial charge is 0.468 e. The van der Waals surface area contributed by atoms with E-state index in [-0.39, 0.29) is 12.5 Å². The van der Waals surface area contributed by atoms with Crippen molar-refractivity contribution in [2.45, 2.75) is 71.3 Å². The lowest BCUT2D eigenvalue weighted by Gasteiger charge is -2.00. The van der Waals surface area contributed by atoms with Crippen molar-refractivity contribution in [3.05, 3.63) is 11.9 Å². The van der Waals surface area contributed by atoms with E-state index in [4.69, 9.17) is 0 Å². The molecule has 20 heavy (non-hydrogen) atoms. The quantitative estimate of drug-likeness (QED) is 0.462. The molecule has 0 bridgehead atoms. The Morgan fingerprint density at radius 2 is 1.80 bits per heavy atom. The van der Waals surface area contributed by atoms with E-state index in [0.717, 1.165) is 18.5 Å². The molecule has 1 aromatic rings. The minimum Gasteiger partial charge on any atom is -0.468 e. The van der Waals surface area contributed by atoms with Gasteiger partial charge in [-0.05, 0) is 12.8 Å². The van der Waals surface area contributed by atoms with Gasteiger partial charge in [-0.15, -0.1) is 5.10 Å². The number of carbonyl (C=O) groups is 1. The van der Waals surface area contributed by atoms with Gasteiger partial charge in [0.2, 0.25) is 0 Å². The van der Waals surface area contributed by atoms with Gasteiger partial charge in [0.1, 0.15) is 6.54 Å². The highest BCUT2D eigenvalue weighted by Gasteiger charge is 2.05. The molecule has 0 aromatic carbocycles. The zero-order chi connectivity index (χ0) is 14.6. The van der Waals surface area contributed by atoms with Crippen molar-refractivity contribution in [3.8, 4) is 0 Å². The van der Waals surface area contributed by atoms with E-state index in [1.54, 1.807) is 0 Å². The lowest BCUT2D eigenvalue weighted by Crippen LogP contribution is -2.11. The number of aromatic nitrogens is 3. The van der Waals surface area contributed by atoms with Crippen LogP contribution in [-0.2, 0) is 22.5 Å². The molecule has 0 aliphatic heterocycles. The number of carbonyl (C=O) groups excluding carboxylic acids is 1. The third kappa shape index (κ3) is 7.26. The number of rotatable bonds is 11. The first-order valence-electron chi connectivity index (χ1n) is 7.72. The highest BCUT2D eigenvalue weighted by atomic mass is 16.5. The lowest BCUT2D eigenvalue weighted by molar-refractivity contribution is -0.141. The van der Waals surface area contributed by atoms with Crippen LogP contribution in [-0.4, -0.2) is 28.1 Å². The van der Waals surface area contributed by atoms with Gasteiger partial charge in [0.25, 0.3) is 0 Å². The predicted octanol–water partition coefficient (Wildman–Crippen LogP) is 3.13. The van der Waals surface area contributed by atoms with Gasteiger partial charge < -0.3 is 4.74 Å². The van der Waals surface area contributed by atoms with E-state index < -0.39 is 0 Å². The van der Waals surface area contributed by atoms with Crippen LogP contribution < -0.4 is 0 Å². The van der Waals surface area contributed by atoms with Gasteiger partial charge in [0.05, 0.1) is 12.8 Å². The molecule has 114 valence electrons. The van der Waals surface area contributed by atoms with Crippen LogP contribution in [0.3, 0.4) is 0 Å². The van der Waals surface area contributed by atoms with E-state index in [0.29, 0.717) is 0 Å². The maximum absolute atomic E-state index is 11.1. The average molecular weight is 281 g/mol. The third-order valence-electron chi connectivity index (χ3n) is 3.39. The predicted molar refractivity (Wildman–Crippen MR) is 78.4 cm³/mol. The minimum absolute atomic E-state index is 0.140. The van der Waals surface area contributed by atoms with Crippen molar-refractivity contribution in [2.24, 2.45) is 0 Å². The first kappa shape index (κ1) is 16.7. The van der Waals surface area contributed by atoms with E-state index in [1.165, 1.54) is 56.7 Å². The molecule has 0 atom stereocenters. The van der Waals surface area contributed by atoms with Crippen molar-refractivity contribution in [1.29, 1.82) is 0 Å². The average Bonchev–Trinajstić information content (AvgIpc) is 2.89. The molecule has 0 aliphatic rings. The summed E-state index contributed by atoms with van der Waals surface area (Å²) in [6.45, 7) is 2.38. The molecule has 1 heterocycles. The topological polar surface area (TPSA) is 57.0 Å². The summed E-state index contributed by atoms with van der Waals surface area (Å²) in [6.07, 6.45) is 13.2. The molecule has 0 saturated carbocycles. The van der Waals surface area contributed by atoms with Crippen LogP contribution in [0.15, 0.2) is 6.20 Å². The Labute approximate surface area is 121 Å². The normalized spacial score (nSPS) is 10.7. The van der Waals surface area contributed by atoms with E-state index >= 15 is 0 Å². The summed E-state index contributed by atoms with van der Waals surface area (Å²) in [5.74, 6) is -0.298. The molecule has 0 aliphatic carbocycles. The molecule has 0 unspecified atom stereocenters. The Balaban J connectivity index is 2.06. The standard InChI is InChI=1S/C15H27N3O2/c1-3-4-5-6-7-8-9-10-11-14-12-18(17-16-14)13-15(19)20-2/h12H,3-11,13H2,1-2H3. The molecule has 0 spiro atoms. The SMILES string of the molecule is CCCCCCCCCCc1cn(CC(=O)OC)nn1. The molecule has 5 nitrogen and oxygen atoms in total. The maximum Gasteiger partial charge on any atom is 0.327 e. The summed E-state index contributed by atoms with van der Waals surface area (Å²) >= 11 is 0. The van der Waals surface area contributed by atoms with Crippen molar-refractivity contribution in [3.63, 3.8) is 0 Å². The smallest absolute Gasteiger partial charge is 0.327 e. The molecule has 0 fully saturated rings. The van der Waals surface area contributed by atoms with Gasteiger partial charge >= 0.3 is 5.97 Å². The molecule has 0 amide bonds. The second-order valence-electron chi connectivity index (χ2n) is 5.21. The number of hydrogen-bond acceptors (Lipinski definition) is 4. The van der Waals surface area contributed by atoms with Gasteiger partial charge in [-0.2, -0.15) is 0 Å². The van der Waals surface area contributed by atoms with Crippen LogP contribution in [0.2, 0.25) is 0 Å². The molecule has 1 aromatic heterocycles.